The zero-order chi connectivity index (χ0) is 8.81. The molecule has 2 aromatic rings. The Morgan fingerprint density at radius 3 is 1.31 bits per heavy atom. The molecule has 0 unspecified atom stereocenters. The highest BCUT2D eigenvalue weighted by Gasteiger charge is 1.70. The molecule has 0 spiro atoms. The Labute approximate surface area is 74.0 Å². The largest absolute Gasteiger partial charge is 0.305 e. The lowest BCUT2D eigenvalue weighted by Crippen LogP contribution is -1.93. The number of H-pyrrole nitrogens is 4. The molecule has 0 aliphatic heterocycles. The van der Waals surface area contributed by atoms with E-state index in [2.05, 4.69) is 20.4 Å². The third kappa shape index (κ3) is 4.46. The molecular formula is C7H12N4O2. The van der Waals surface area contributed by atoms with Crippen LogP contribution in [-0.2, 0) is 0 Å². The Hall–Kier alpha value is -1.98. The lowest BCUT2D eigenvalue weighted by molar-refractivity contribution is 1.06. The van der Waals surface area contributed by atoms with Crippen LogP contribution in [0.1, 0.15) is 7.43 Å². The molecular weight excluding hydrogens is 172 g/mol. The van der Waals surface area contributed by atoms with Gasteiger partial charge in [0.1, 0.15) is 0 Å². The zero-order valence-electron chi connectivity index (χ0n) is 6.13. The smallest absolute Gasteiger partial charge is 0.263 e. The molecule has 0 bridgehead atoms. The van der Waals surface area contributed by atoms with Crippen LogP contribution in [0.25, 0.3) is 0 Å². The second kappa shape index (κ2) is 5.64. The highest BCUT2D eigenvalue weighted by atomic mass is 16.1. The minimum Gasteiger partial charge on any atom is -0.305 e. The van der Waals surface area contributed by atoms with Crippen LogP contribution in [0.4, 0.5) is 0 Å². The maximum Gasteiger partial charge on any atom is 0.263 e. The van der Waals surface area contributed by atoms with Crippen molar-refractivity contribution in [2.24, 2.45) is 0 Å². The molecule has 72 valence electrons. The lowest BCUT2D eigenvalue weighted by Gasteiger charge is -1.55. The topological polar surface area (TPSA) is 97.3 Å². The zero-order valence-corrected chi connectivity index (χ0v) is 6.13. The fraction of sp³-hybridized carbons (Fsp3) is 0.143. The summed E-state index contributed by atoms with van der Waals surface area (Å²) in [6, 6.07) is 2.83. The van der Waals surface area contributed by atoms with Crippen molar-refractivity contribution in [3.8, 4) is 0 Å². The monoisotopic (exact) mass is 184 g/mol. The van der Waals surface area contributed by atoms with Crippen molar-refractivity contribution in [2.45, 2.75) is 7.43 Å². The summed E-state index contributed by atoms with van der Waals surface area (Å²) in [4.78, 5) is 20.0. The van der Waals surface area contributed by atoms with E-state index in [4.69, 9.17) is 0 Å². The van der Waals surface area contributed by atoms with Crippen LogP contribution in [0, 0.1) is 0 Å². The molecule has 0 saturated heterocycles. The van der Waals surface area contributed by atoms with E-state index in [1.54, 1.807) is 12.4 Å². The first-order chi connectivity index (χ1) is 5.79. The predicted molar refractivity (Wildman–Crippen MR) is 49.6 cm³/mol. The summed E-state index contributed by atoms with van der Waals surface area (Å²) in [7, 11) is 0. The molecule has 0 saturated carbocycles. The SMILES string of the molecule is C.O=c1cc[nH][nH]1.O=c1cc[nH][nH]1. The maximum atomic E-state index is 9.98. The number of hydrogen-bond donors (Lipinski definition) is 4. The Balaban J connectivity index is 0.000000206. The molecule has 0 atom stereocenters. The van der Waals surface area contributed by atoms with Crippen LogP contribution < -0.4 is 11.1 Å². The van der Waals surface area contributed by atoms with Gasteiger partial charge in [0.15, 0.2) is 0 Å². The predicted octanol–water partition coefficient (Wildman–Crippen LogP) is 0.0421. The molecule has 4 N–H and O–H groups in total. The molecule has 2 aromatic heterocycles. The van der Waals surface area contributed by atoms with Gasteiger partial charge in [-0.05, 0) is 0 Å². The van der Waals surface area contributed by atoms with E-state index in [1.807, 2.05) is 0 Å². The highest BCUT2D eigenvalue weighted by Crippen LogP contribution is 1.54. The summed E-state index contributed by atoms with van der Waals surface area (Å²) < 4.78 is 0. The van der Waals surface area contributed by atoms with Gasteiger partial charge in [0.05, 0.1) is 0 Å². The Kier molecular flexibility index (Phi) is 4.78. The third-order valence-corrected chi connectivity index (χ3v) is 1.03. The summed E-state index contributed by atoms with van der Waals surface area (Å²) >= 11 is 0. The van der Waals surface area contributed by atoms with Crippen LogP contribution in [0.2, 0.25) is 0 Å². The van der Waals surface area contributed by atoms with Crippen molar-refractivity contribution >= 4 is 0 Å². The molecule has 0 aromatic carbocycles. The van der Waals surface area contributed by atoms with Gasteiger partial charge in [-0.2, -0.15) is 0 Å². The lowest BCUT2D eigenvalue weighted by atomic mass is 10.7. The fourth-order valence-corrected chi connectivity index (χ4v) is 0.544. The molecule has 0 aliphatic carbocycles. The second-order valence-corrected chi connectivity index (χ2v) is 1.93. The number of aromatic nitrogens is 4. The molecule has 0 fully saturated rings. The highest BCUT2D eigenvalue weighted by molar-refractivity contribution is 4.75. The summed E-state index contributed by atoms with van der Waals surface area (Å²) in [5.41, 5.74) is -0.176. The van der Waals surface area contributed by atoms with Crippen molar-refractivity contribution < 1.29 is 0 Å². The van der Waals surface area contributed by atoms with E-state index in [0.29, 0.717) is 0 Å². The molecule has 0 amide bonds. The van der Waals surface area contributed by atoms with Crippen LogP contribution in [-0.4, -0.2) is 20.4 Å². The fourth-order valence-electron chi connectivity index (χ4n) is 0.544. The first-order valence-electron chi connectivity index (χ1n) is 3.23. The average molecular weight is 184 g/mol. The van der Waals surface area contributed by atoms with Gasteiger partial charge < -0.3 is 10.2 Å². The van der Waals surface area contributed by atoms with E-state index in [-0.39, 0.29) is 18.5 Å². The normalized spacial score (nSPS) is 8.00. The van der Waals surface area contributed by atoms with Crippen molar-refractivity contribution in [3.05, 3.63) is 45.2 Å². The van der Waals surface area contributed by atoms with Gasteiger partial charge in [0, 0.05) is 24.5 Å². The van der Waals surface area contributed by atoms with Crippen molar-refractivity contribution in [3.63, 3.8) is 0 Å². The van der Waals surface area contributed by atoms with Crippen molar-refractivity contribution in [1.29, 1.82) is 0 Å². The van der Waals surface area contributed by atoms with Gasteiger partial charge in [0.2, 0.25) is 0 Å². The van der Waals surface area contributed by atoms with E-state index < -0.39 is 0 Å². The van der Waals surface area contributed by atoms with Gasteiger partial charge in [-0.25, -0.2) is 0 Å². The molecule has 0 aliphatic rings. The molecule has 2 heterocycles. The third-order valence-electron chi connectivity index (χ3n) is 1.03. The van der Waals surface area contributed by atoms with Crippen LogP contribution in [0.15, 0.2) is 34.1 Å². The molecule has 6 nitrogen and oxygen atoms in total. The maximum absolute atomic E-state index is 9.98. The van der Waals surface area contributed by atoms with Gasteiger partial charge in [0.25, 0.3) is 11.1 Å². The van der Waals surface area contributed by atoms with Crippen molar-refractivity contribution in [1.82, 2.24) is 20.4 Å². The van der Waals surface area contributed by atoms with Crippen molar-refractivity contribution in [2.75, 3.05) is 0 Å². The van der Waals surface area contributed by atoms with Gasteiger partial charge in [-0.1, -0.05) is 7.43 Å². The van der Waals surface area contributed by atoms with Gasteiger partial charge in [-0.15, -0.1) is 0 Å². The van der Waals surface area contributed by atoms with Crippen LogP contribution in [0.3, 0.4) is 0 Å². The molecule has 6 heteroatoms. The average Bonchev–Trinajstić information content (AvgIpc) is 2.63. The molecule has 13 heavy (non-hydrogen) atoms. The molecule has 0 radical (unpaired) electrons. The van der Waals surface area contributed by atoms with Crippen LogP contribution in [0.5, 0.6) is 0 Å². The number of aromatic amines is 4. The van der Waals surface area contributed by atoms with E-state index >= 15 is 0 Å². The van der Waals surface area contributed by atoms with Gasteiger partial charge >= 0.3 is 0 Å². The Bertz CT molecular complexity index is 334. The quantitative estimate of drug-likeness (QED) is 0.465. The van der Waals surface area contributed by atoms with Crippen LogP contribution >= 0.6 is 0 Å². The summed E-state index contributed by atoms with van der Waals surface area (Å²) in [6.07, 6.45) is 3.09. The minimum atomic E-state index is -0.0880. The van der Waals surface area contributed by atoms with E-state index in [9.17, 15) is 9.59 Å². The summed E-state index contributed by atoms with van der Waals surface area (Å²) in [5, 5.41) is 9.62. The first-order valence-corrected chi connectivity index (χ1v) is 3.23. The Morgan fingerprint density at radius 1 is 0.846 bits per heavy atom. The standard InChI is InChI=1S/2C3H4N2O.CH4/c2*6-3-1-2-4-5-3;/h2*1-2H,(H2,4,5,6);1H4. The number of rotatable bonds is 0. The number of hydrogen-bond acceptors (Lipinski definition) is 2. The minimum absolute atomic E-state index is 0. The summed E-state index contributed by atoms with van der Waals surface area (Å²) in [5.74, 6) is 0. The van der Waals surface area contributed by atoms with E-state index in [1.165, 1.54) is 12.1 Å². The Morgan fingerprint density at radius 2 is 1.23 bits per heavy atom. The number of nitrogens with one attached hydrogen (secondary N) is 4. The van der Waals surface area contributed by atoms with Gasteiger partial charge in [-0.3, -0.25) is 19.8 Å². The first kappa shape index (κ1) is 11.0. The molecule has 2 rings (SSSR count). The second-order valence-electron chi connectivity index (χ2n) is 1.93. The van der Waals surface area contributed by atoms with E-state index in [0.717, 1.165) is 0 Å². The summed E-state index contributed by atoms with van der Waals surface area (Å²) in [6.45, 7) is 0.